The maximum Gasteiger partial charge on any atom is 0.416 e. The van der Waals surface area contributed by atoms with Crippen LogP contribution in [0.2, 0.25) is 0 Å². The second kappa shape index (κ2) is 27.1. The fourth-order valence-electron chi connectivity index (χ4n) is 17.3. The number of rotatable bonds is 10. The van der Waals surface area contributed by atoms with E-state index in [9.17, 15) is 13.2 Å². The monoisotopic (exact) mass is 1400 g/mol. The minimum atomic E-state index is -4.35. The van der Waals surface area contributed by atoms with Crippen LogP contribution in [-0.2, 0) is 6.18 Å². The Hall–Kier alpha value is -13.6. The Balaban J connectivity index is 0.000000148. The highest BCUT2D eigenvalue weighted by Crippen LogP contribution is 2.48. The highest BCUT2D eigenvalue weighted by Gasteiger charge is 2.30. The van der Waals surface area contributed by atoms with Gasteiger partial charge in [-0.15, -0.1) is 0 Å². The van der Waals surface area contributed by atoms with E-state index < -0.39 is 11.7 Å². The molecular formula is C104H71F3N2. The molecule has 0 bridgehead atoms. The molecule has 5 heteroatoms. The van der Waals surface area contributed by atoms with Crippen molar-refractivity contribution in [3.63, 3.8) is 0 Å². The van der Waals surface area contributed by atoms with Crippen molar-refractivity contribution >= 4 is 86.7 Å². The first-order valence-electron chi connectivity index (χ1n) is 37.2. The van der Waals surface area contributed by atoms with E-state index in [-0.39, 0.29) is 0 Å². The number of aryl methyl sites for hydroxylation is 3. The van der Waals surface area contributed by atoms with Gasteiger partial charge in [0.05, 0.1) is 27.6 Å². The van der Waals surface area contributed by atoms with Gasteiger partial charge in [-0.05, 0) is 237 Å². The van der Waals surface area contributed by atoms with Crippen molar-refractivity contribution in [1.82, 2.24) is 9.13 Å². The van der Waals surface area contributed by atoms with Crippen molar-refractivity contribution in [1.29, 1.82) is 0 Å². The van der Waals surface area contributed by atoms with Crippen LogP contribution in [0.1, 0.15) is 22.3 Å². The SMILES string of the molecule is Cc1cc(C)c(-c2ccc(-c3ccc4c(c3)c3ccccc3n4-c3ccc(-c4c5ccccc5c(-c5ccccc5)c5ccccc45)cc3)cc2)c(C)c1.FC(F)(F)c1ccc(-c2ccc(-c3ccc4c(c3)c3ccccc3n4-c3ccc(-c4c5ccccc5c(-c5ccccc5)c5ccccc45)cc3)cc2)cc1. The minimum Gasteiger partial charge on any atom is -0.309 e. The summed E-state index contributed by atoms with van der Waals surface area (Å²) in [7, 11) is 0. The maximum absolute atomic E-state index is 13.1. The molecule has 0 aliphatic carbocycles. The number of nitrogens with zero attached hydrogens (tertiary/aromatic N) is 2. The summed E-state index contributed by atoms with van der Waals surface area (Å²) >= 11 is 0. The molecule has 20 aromatic rings. The van der Waals surface area contributed by atoms with Crippen molar-refractivity contribution in [3.05, 3.63) is 398 Å². The van der Waals surface area contributed by atoms with E-state index >= 15 is 0 Å². The Kier molecular flexibility index (Phi) is 16.4. The Bertz CT molecular complexity index is 6770. The first-order valence-corrected chi connectivity index (χ1v) is 37.2. The molecule has 0 spiro atoms. The number of benzene rings is 18. The number of para-hydroxylation sites is 2. The van der Waals surface area contributed by atoms with E-state index in [1.54, 1.807) is 0 Å². The highest BCUT2D eigenvalue weighted by molar-refractivity contribution is 6.23. The van der Waals surface area contributed by atoms with Crippen LogP contribution in [0.15, 0.2) is 376 Å². The first kappa shape index (κ1) is 66.1. The van der Waals surface area contributed by atoms with Crippen LogP contribution in [0.3, 0.4) is 0 Å². The van der Waals surface area contributed by atoms with Gasteiger partial charge in [0, 0.05) is 32.9 Å². The first-order chi connectivity index (χ1) is 53.4. The van der Waals surface area contributed by atoms with Crippen molar-refractivity contribution in [2.75, 3.05) is 0 Å². The van der Waals surface area contributed by atoms with Gasteiger partial charge in [-0.1, -0.05) is 309 Å². The molecule has 0 N–H and O–H groups in total. The number of hydrogen-bond donors (Lipinski definition) is 0. The molecule has 109 heavy (non-hydrogen) atoms. The highest BCUT2D eigenvalue weighted by atomic mass is 19.4. The van der Waals surface area contributed by atoms with Crippen molar-refractivity contribution in [3.8, 4) is 100 Å². The molecule has 0 fully saturated rings. The average Bonchev–Trinajstić information content (AvgIpc) is 1.43. The zero-order valence-electron chi connectivity index (χ0n) is 60.3. The molecule has 2 heterocycles. The molecule has 0 saturated carbocycles. The van der Waals surface area contributed by atoms with Crippen LogP contribution >= 0.6 is 0 Å². The second-order valence-corrected chi connectivity index (χ2v) is 28.7. The lowest BCUT2D eigenvalue weighted by atomic mass is 9.86. The fraction of sp³-hybridized carbons (Fsp3) is 0.0385. The van der Waals surface area contributed by atoms with E-state index in [1.807, 2.05) is 24.3 Å². The molecule has 20 rings (SSSR count). The van der Waals surface area contributed by atoms with Crippen LogP contribution in [0.4, 0.5) is 13.2 Å². The Labute approximate surface area is 630 Å². The van der Waals surface area contributed by atoms with Gasteiger partial charge in [-0.2, -0.15) is 13.2 Å². The van der Waals surface area contributed by atoms with Gasteiger partial charge >= 0.3 is 6.18 Å². The Morgan fingerprint density at radius 3 is 0.761 bits per heavy atom. The van der Waals surface area contributed by atoms with Crippen LogP contribution in [0.5, 0.6) is 0 Å². The molecule has 2 nitrogen and oxygen atoms in total. The number of fused-ring (bicyclic) bond motifs is 10. The third kappa shape index (κ3) is 11.7. The third-order valence-electron chi connectivity index (χ3n) is 22.1. The summed E-state index contributed by atoms with van der Waals surface area (Å²) < 4.78 is 44.0. The topological polar surface area (TPSA) is 9.86 Å². The van der Waals surface area contributed by atoms with Gasteiger partial charge in [-0.25, -0.2) is 0 Å². The van der Waals surface area contributed by atoms with Gasteiger partial charge in [0.15, 0.2) is 0 Å². The molecule has 18 aromatic carbocycles. The van der Waals surface area contributed by atoms with E-state index in [0.29, 0.717) is 0 Å². The van der Waals surface area contributed by atoms with Crippen LogP contribution < -0.4 is 0 Å². The second-order valence-electron chi connectivity index (χ2n) is 28.7. The number of aromatic nitrogens is 2. The minimum absolute atomic E-state index is 0.646. The maximum atomic E-state index is 13.1. The van der Waals surface area contributed by atoms with Crippen LogP contribution in [0, 0.1) is 20.8 Å². The molecule has 2 aromatic heterocycles. The average molecular weight is 1410 g/mol. The van der Waals surface area contributed by atoms with E-state index in [4.69, 9.17) is 0 Å². The lowest BCUT2D eigenvalue weighted by Gasteiger charge is -2.18. The Morgan fingerprint density at radius 1 is 0.193 bits per heavy atom. The Morgan fingerprint density at radius 2 is 0.431 bits per heavy atom. The molecule has 0 aliphatic rings. The van der Waals surface area contributed by atoms with E-state index in [1.165, 1.54) is 166 Å². The largest absolute Gasteiger partial charge is 0.416 e. The molecule has 0 unspecified atom stereocenters. The van der Waals surface area contributed by atoms with Crippen molar-refractivity contribution in [2.24, 2.45) is 0 Å². The summed E-state index contributed by atoms with van der Waals surface area (Å²) in [6.07, 6.45) is -4.35. The zero-order valence-corrected chi connectivity index (χ0v) is 60.3. The predicted molar refractivity (Wildman–Crippen MR) is 454 cm³/mol. The standard InChI is InChI=1S/C53H39N.C51H32F3N/c1-34-31-35(2)51(36(3)32-34)39-23-21-37(22-24-39)41-27-30-50-48(33-41)43-15-11-12-20-49(43)54(50)42-28-25-40(26-29-42)53-46-18-9-7-16-44(46)52(38-13-5-4-6-14-38)45-17-8-10-19-47(45)53;52-51(53,54)39-27-22-34(23-28-39)33-18-20-35(21-19-33)38-26-31-48-46(32-38)41-12-8-9-17-47(41)55(48)40-29-24-37(25-30-40)50-44-15-6-4-13-42(44)49(36-10-2-1-3-11-36)43-14-5-7-16-45(43)50/h4-33H,1-3H3;1-32H. The normalized spacial score (nSPS) is 11.8. The van der Waals surface area contributed by atoms with Gasteiger partial charge in [0.1, 0.15) is 0 Å². The third-order valence-corrected chi connectivity index (χ3v) is 22.1. The van der Waals surface area contributed by atoms with Gasteiger partial charge in [-0.3, -0.25) is 0 Å². The lowest BCUT2D eigenvalue weighted by Crippen LogP contribution is -2.03. The summed E-state index contributed by atoms with van der Waals surface area (Å²) in [4.78, 5) is 0. The summed E-state index contributed by atoms with van der Waals surface area (Å²) in [5.41, 5.74) is 28.9. The molecule has 0 aliphatic heterocycles. The molecule has 0 saturated heterocycles. The van der Waals surface area contributed by atoms with E-state index in [2.05, 4.69) is 357 Å². The summed E-state index contributed by atoms with van der Waals surface area (Å²) in [6, 6.07) is 133. The summed E-state index contributed by atoms with van der Waals surface area (Å²) in [5, 5.41) is 14.8. The zero-order chi connectivity index (χ0) is 73.4. The number of hydrogen-bond acceptors (Lipinski definition) is 0. The number of halogens is 3. The number of alkyl halides is 3. The van der Waals surface area contributed by atoms with E-state index in [0.717, 1.165) is 62.2 Å². The van der Waals surface area contributed by atoms with Crippen LogP contribution in [-0.4, -0.2) is 9.13 Å². The van der Waals surface area contributed by atoms with Gasteiger partial charge in [0.2, 0.25) is 0 Å². The lowest BCUT2D eigenvalue weighted by molar-refractivity contribution is -0.137. The smallest absolute Gasteiger partial charge is 0.309 e. The quantitative estimate of drug-likeness (QED) is 0.121. The molecule has 0 atom stereocenters. The fourth-order valence-corrected chi connectivity index (χ4v) is 17.3. The van der Waals surface area contributed by atoms with Crippen molar-refractivity contribution in [2.45, 2.75) is 26.9 Å². The molecule has 0 amide bonds. The predicted octanol–water partition coefficient (Wildman–Crippen LogP) is 29.5. The molecule has 0 radical (unpaired) electrons. The van der Waals surface area contributed by atoms with Gasteiger partial charge < -0.3 is 9.13 Å². The van der Waals surface area contributed by atoms with Crippen LogP contribution in [0.25, 0.3) is 187 Å². The summed E-state index contributed by atoms with van der Waals surface area (Å²) in [6.45, 7) is 6.60. The summed E-state index contributed by atoms with van der Waals surface area (Å²) in [5.74, 6) is 0. The molecule has 518 valence electrons. The molecular weight excluding hydrogens is 1330 g/mol. The van der Waals surface area contributed by atoms with Gasteiger partial charge in [0.25, 0.3) is 0 Å². The van der Waals surface area contributed by atoms with Crippen molar-refractivity contribution < 1.29 is 13.2 Å².